The van der Waals surface area contributed by atoms with Gasteiger partial charge in [0.1, 0.15) is 5.54 Å². The molecule has 0 spiro atoms. The molecule has 2 saturated heterocycles. The molecule has 6 heteroatoms. The Bertz CT molecular complexity index is 738. The number of imide groups is 1. The van der Waals surface area contributed by atoms with Gasteiger partial charge in [-0.3, -0.25) is 14.9 Å². The Labute approximate surface area is 159 Å². The molecule has 0 radical (unpaired) electrons. The van der Waals surface area contributed by atoms with Crippen molar-refractivity contribution in [1.82, 2.24) is 15.5 Å². The molecule has 6 nitrogen and oxygen atoms in total. The van der Waals surface area contributed by atoms with E-state index >= 15 is 0 Å². The van der Waals surface area contributed by atoms with E-state index in [1.807, 2.05) is 17.9 Å². The van der Waals surface area contributed by atoms with Gasteiger partial charge >= 0.3 is 6.03 Å². The minimum absolute atomic E-state index is 0.0930. The first-order valence-corrected chi connectivity index (χ1v) is 9.97. The van der Waals surface area contributed by atoms with Gasteiger partial charge in [0, 0.05) is 19.0 Å². The molecular weight excluding hydrogens is 342 g/mol. The lowest BCUT2D eigenvalue weighted by Crippen LogP contribution is -2.52. The van der Waals surface area contributed by atoms with Gasteiger partial charge < -0.3 is 10.2 Å². The van der Waals surface area contributed by atoms with Gasteiger partial charge in [-0.1, -0.05) is 37.3 Å². The van der Waals surface area contributed by atoms with Gasteiger partial charge in [-0.2, -0.15) is 0 Å². The van der Waals surface area contributed by atoms with E-state index in [1.54, 1.807) is 0 Å². The smallest absolute Gasteiger partial charge is 0.322 e. The van der Waals surface area contributed by atoms with Crippen molar-refractivity contribution in [3.8, 4) is 0 Å². The zero-order chi connectivity index (χ0) is 19.0. The number of nitrogens with one attached hydrogen (secondary N) is 2. The minimum Gasteiger partial charge on any atom is -0.342 e. The molecule has 1 aliphatic carbocycles. The summed E-state index contributed by atoms with van der Waals surface area (Å²) >= 11 is 0. The van der Waals surface area contributed by atoms with E-state index in [1.165, 1.54) is 5.56 Å². The fourth-order valence-corrected chi connectivity index (χ4v) is 4.72. The fraction of sp³-hybridized carbons (Fsp3) is 0.571. The maximum Gasteiger partial charge on any atom is 0.322 e. The molecule has 2 N–H and O–H groups in total. The number of hydrogen-bond acceptors (Lipinski definition) is 3. The van der Waals surface area contributed by atoms with Crippen LogP contribution in [0, 0.1) is 11.8 Å². The van der Waals surface area contributed by atoms with Crippen molar-refractivity contribution in [1.29, 1.82) is 0 Å². The molecule has 1 aromatic carbocycles. The number of carbonyl (C=O) groups is 3. The molecule has 0 aromatic heterocycles. The summed E-state index contributed by atoms with van der Waals surface area (Å²) in [6.07, 6.45) is 4.17. The fourth-order valence-electron chi connectivity index (χ4n) is 4.72. The highest BCUT2D eigenvalue weighted by Crippen LogP contribution is 2.44. The van der Waals surface area contributed by atoms with Gasteiger partial charge in [0.15, 0.2) is 0 Å². The Hall–Kier alpha value is -2.37. The SMILES string of the molecule is CC(C[C@@]1(C2CC2)NC(=O)NC1=O)C(=O)N1CCC(c2ccccc2)CC1. The van der Waals surface area contributed by atoms with E-state index in [0.29, 0.717) is 12.3 Å². The predicted molar refractivity (Wildman–Crippen MR) is 101 cm³/mol. The second kappa shape index (κ2) is 6.98. The number of benzene rings is 1. The predicted octanol–water partition coefficient (Wildman–Crippen LogP) is 2.41. The van der Waals surface area contributed by atoms with Crippen LogP contribution in [0.3, 0.4) is 0 Å². The lowest BCUT2D eigenvalue weighted by Gasteiger charge is -2.35. The molecule has 2 aliphatic heterocycles. The van der Waals surface area contributed by atoms with Gasteiger partial charge in [-0.05, 0) is 49.5 Å². The summed E-state index contributed by atoms with van der Waals surface area (Å²) < 4.78 is 0. The molecule has 3 fully saturated rings. The summed E-state index contributed by atoms with van der Waals surface area (Å²) in [6.45, 7) is 3.38. The lowest BCUT2D eigenvalue weighted by atomic mass is 9.82. The zero-order valence-electron chi connectivity index (χ0n) is 15.7. The van der Waals surface area contributed by atoms with Crippen molar-refractivity contribution in [2.45, 2.75) is 50.5 Å². The van der Waals surface area contributed by atoms with E-state index < -0.39 is 11.6 Å². The normalized spacial score (nSPS) is 27.2. The van der Waals surface area contributed by atoms with E-state index in [4.69, 9.17) is 0 Å². The van der Waals surface area contributed by atoms with E-state index in [-0.39, 0.29) is 23.7 Å². The van der Waals surface area contributed by atoms with Crippen molar-refractivity contribution >= 4 is 17.8 Å². The number of rotatable bonds is 5. The van der Waals surface area contributed by atoms with Crippen molar-refractivity contribution in [2.75, 3.05) is 13.1 Å². The topological polar surface area (TPSA) is 78.5 Å². The van der Waals surface area contributed by atoms with Crippen LogP contribution in [-0.4, -0.2) is 41.4 Å². The molecule has 2 heterocycles. The van der Waals surface area contributed by atoms with Crippen molar-refractivity contribution < 1.29 is 14.4 Å². The summed E-state index contributed by atoms with van der Waals surface area (Å²) in [5.74, 6) is 0.197. The first-order chi connectivity index (χ1) is 13.0. The Kier molecular flexibility index (Phi) is 4.66. The van der Waals surface area contributed by atoms with Crippen LogP contribution in [0.15, 0.2) is 30.3 Å². The number of carbonyl (C=O) groups excluding carboxylic acids is 3. The summed E-state index contributed by atoms with van der Waals surface area (Å²) in [4.78, 5) is 39.0. The Morgan fingerprint density at radius 2 is 1.81 bits per heavy atom. The molecule has 1 saturated carbocycles. The third kappa shape index (κ3) is 3.45. The van der Waals surface area contributed by atoms with E-state index in [2.05, 4.69) is 34.9 Å². The van der Waals surface area contributed by atoms with E-state index in [0.717, 1.165) is 38.8 Å². The van der Waals surface area contributed by atoms with Gasteiger partial charge in [-0.15, -0.1) is 0 Å². The highest BCUT2D eigenvalue weighted by molar-refractivity contribution is 6.07. The number of amides is 4. The van der Waals surface area contributed by atoms with Crippen molar-refractivity contribution in [2.24, 2.45) is 11.8 Å². The van der Waals surface area contributed by atoms with Crippen LogP contribution in [0.5, 0.6) is 0 Å². The third-order valence-corrected chi connectivity index (χ3v) is 6.37. The van der Waals surface area contributed by atoms with Crippen molar-refractivity contribution in [3.63, 3.8) is 0 Å². The molecule has 0 bridgehead atoms. The van der Waals surface area contributed by atoms with Gasteiger partial charge in [0.2, 0.25) is 5.91 Å². The summed E-state index contributed by atoms with van der Waals surface area (Å²) in [5, 5.41) is 5.19. The average molecular weight is 369 g/mol. The molecule has 4 amide bonds. The van der Waals surface area contributed by atoms with Crippen LogP contribution in [0.2, 0.25) is 0 Å². The van der Waals surface area contributed by atoms with Gasteiger partial charge in [0.05, 0.1) is 0 Å². The Balaban J connectivity index is 1.37. The molecule has 1 unspecified atom stereocenters. The van der Waals surface area contributed by atoms with Crippen molar-refractivity contribution in [3.05, 3.63) is 35.9 Å². The first-order valence-electron chi connectivity index (χ1n) is 9.97. The largest absolute Gasteiger partial charge is 0.342 e. The maximum absolute atomic E-state index is 13.0. The molecule has 2 atom stereocenters. The average Bonchev–Trinajstić information content (AvgIpc) is 3.49. The molecular formula is C21H27N3O3. The minimum atomic E-state index is -0.894. The summed E-state index contributed by atoms with van der Waals surface area (Å²) in [6, 6.07) is 10.0. The van der Waals surface area contributed by atoms with Crippen LogP contribution in [0.4, 0.5) is 4.79 Å². The van der Waals surface area contributed by atoms with Crippen LogP contribution < -0.4 is 10.6 Å². The summed E-state index contributed by atoms with van der Waals surface area (Å²) in [5.41, 5.74) is 0.449. The molecule has 4 rings (SSSR count). The second-order valence-electron chi connectivity index (χ2n) is 8.27. The molecule has 3 aliphatic rings. The van der Waals surface area contributed by atoms with E-state index in [9.17, 15) is 14.4 Å². The Morgan fingerprint density at radius 1 is 1.15 bits per heavy atom. The number of urea groups is 1. The van der Waals surface area contributed by atoms with Crippen LogP contribution in [0.25, 0.3) is 0 Å². The maximum atomic E-state index is 13.0. The van der Waals surface area contributed by atoms with Gasteiger partial charge in [0.25, 0.3) is 5.91 Å². The quantitative estimate of drug-likeness (QED) is 0.783. The lowest BCUT2D eigenvalue weighted by molar-refractivity contribution is -0.137. The zero-order valence-corrected chi connectivity index (χ0v) is 15.7. The highest BCUT2D eigenvalue weighted by Gasteiger charge is 2.56. The number of nitrogens with zero attached hydrogens (tertiary/aromatic N) is 1. The molecule has 27 heavy (non-hydrogen) atoms. The molecule has 144 valence electrons. The number of piperidine rings is 1. The monoisotopic (exact) mass is 369 g/mol. The summed E-state index contributed by atoms with van der Waals surface area (Å²) in [7, 11) is 0. The highest BCUT2D eigenvalue weighted by atomic mass is 16.2. The van der Waals surface area contributed by atoms with Gasteiger partial charge in [-0.25, -0.2) is 4.79 Å². The Morgan fingerprint density at radius 3 is 2.37 bits per heavy atom. The van der Waals surface area contributed by atoms with Crippen LogP contribution >= 0.6 is 0 Å². The first kappa shape index (κ1) is 18.0. The molecule has 1 aromatic rings. The second-order valence-corrected chi connectivity index (χ2v) is 8.27. The third-order valence-electron chi connectivity index (χ3n) is 6.37. The standard InChI is InChI=1S/C21H27N3O3/c1-14(13-21(17-7-8-17)19(26)22-20(27)23-21)18(25)24-11-9-16(10-12-24)15-5-3-2-4-6-15/h2-6,14,16-17H,7-13H2,1H3,(H2,22,23,26,27)/t14?,21-/m0/s1. The van der Waals surface area contributed by atoms with Crippen LogP contribution in [-0.2, 0) is 9.59 Å². The number of hydrogen-bond donors (Lipinski definition) is 2. The number of likely N-dealkylation sites (tertiary alicyclic amines) is 1. The van der Waals surface area contributed by atoms with Crippen LogP contribution in [0.1, 0.15) is 50.5 Å².